The van der Waals surface area contributed by atoms with Gasteiger partial charge < -0.3 is 9.64 Å². The molecule has 206 valence electrons. The summed E-state index contributed by atoms with van der Waals surface area (Å²) in [6.45, 7) is 23.8. The number of carbonyl (C=O) groups excluding carboxylic acids is 1. The predicted molar refractivity (Wildman–Crippen MR) is 157 cm³/mol. The van der Waals surface area contributed by atoms with E-state index in [9.17, 15) is 9.18 Å². The zero-order chi connectivity index (χ0) is 28.2. The van der Waals surface area contributed by atoms with E-state index in [-0.39, 0.29) is 12.0 Å². The second-order valence-corrected chi connectivity index (χ2v) is 8.74. The van der Waals surface area contributed by atoms with Crippen LogP contribution < -0.4 is 0 Å². The average molecular weight is 533 g/mol. The zero-order valence-electron chi connectivity index (χ0n) is 23.5. The molecule has 1 aromatic rings. The molecule has 6 nitrogen and oxygen atoms in total. The Kier molecular flexibility index (Phi) is 19.1. The quantitative estimate of drug-likeness (QED) is 0.349. The molecule has 0 aromatic carbocycles. The molecule has 1 atom stereocenters. The molecule has 3 rings (SSSR count). The summed E-state index contributed by atoms with van der Waals surface area (Å²) < 4.78 is 16.5. The highest BCUT2D eigenvalue weighted by atomic mass is 32.2. The third-order valence-electron chi connectivity index (χ3n) is 5.34. The summed E-state index contributed by atoms with van der Waals surface area (Å²) in [6, 6.07) is 1.81. The summed E-state index contributed by atoms with van der Waals surface area (Å²) in [6.07, 6.45) is 10.8. The Morgan fingerprint density at radius 2 is 1.84 bits per heavy atom. The molecule has 2 aliphatic heterocycles. The van der Waals surface area contributed by atoms with Crippen molar-refractivity contribution in [3.8, 4) is 0 Å². The first-order valence-corrected chi connectivity index (χ1v) is 13.7. The molecule has 1 unspecified atom stereocenters. The van der Waals surface area contributed by atoms with Crippen LogP contribution in [0.4, 0.5) is 4.39 Å². The number of halogens is 1. The number of aromatic nitrogens is 2. The molecule has 1 saturated heterocycles. The van der Waals surface area contributed by atoms with E-state index in [2.05, 4.69) is 40.7 Å². The molecule has 0 aliphatic carbocycles. The van der Waals surface area contributed by atoms with Gasteiger partial charge in [-0.05, 0) is 37.5 Å². The van der Waals surface area contributed by atoms with Gasteiger partial charge in [0.2, 0.25) is 5.91 Å². The summed E-state index contributed by atoms with van der Waals surface area (Å²) in [4.78, 5) is 27.3. The molecule has 0 N–H and O–H groups in total. The van der Waals surface area contributed by atoms with Crippen molar-refractivity contribution in [1.29, 1.82) is 0 Å². The van der Waals surface area contributed by atoms with Gasteiger partial charge in [0.1, 0.15) is 5.83 Å². The molecule has 0 bridgehead atoms. The lowest BCUT2D eigenvalue weighted by Crippen LogP contribution is -2.42. The Labute approximate surface area is 228 Å². The van der Waals surface area contributed by atoms with Gasteiger partial charge in [-0.3, -0.25) is 9.69 Å². The SMILES string of the molecule is C=C(S/C(=C\C)c1ncccn1)C1=CCN(C(=O)CN2CCC(OC)C2)CC1.C=CC(=C)F.CC.CC. The van der Waals surface area contributed by atoms with Crippen molar-refractivity contribution < 1.29 is 13.9 Å². The first-order chi connectivity index (χ1) is 17.9. The van der Waals surface area contributed by atoms with Crippen LogP contribution in [0.15, 0.2) is 72.7 Å². The molecule has 0 radical (unpaired) electrons. The van der Waals surface area contributed by atoms with Crippen LogP contribution >= 0.6 is 11.8 Å². The number of amides is 1. The minimum atomic E-state index is -0.481. The van der Waals surface area contributed by atoms with Crippen LogP contribution in [-0.2, 0) is 9.53 Å². The third kappa shape index (κ3) is 13.0. The number of methoxy groups -OCH3 is 1. The van der Waals surface area contributed by atoms with Crippen molar-refractivity contribution in [1.82, 2.24) is 19.8 Å². The second-order valence-electron chi connectivity index (χ2n) is 7.60. The number of nitrogens with zero attached hydrogens (tertiary/aromatic N) is 4. The maximum Gasteiger partial charge on any atom is 0.237 e. The molecule has 0 saturated carbocycles. The molecule has 3 heterocycles. The molecular weight excluding hydrogens is 487 g/mol. The molecule has 1 amide bonds. The minimum Gasteiger partial charge on any atom is -0.380 e. The van der Waals surface area contributed by atoms with Gasteiger partial charge in [0.25, 0.3) is 0 Å². The molecule has 8 heteroatoms. The number of hydrogen-bond acceptors (Lipinski definition) is 6. The topological polar surface area (TPSA) is 58.6 Å². The number of thioether (sulfide) groups is 1. The van der Waals surface area contributed by atoms with E-state index in [1.54, 1.807) is 31.3 Å². The standard InChI is InChI=1S/C21H28N4O2S.C4H5F.2C2H6/c1-4-19(21-22-9-5-10-23-21)28-16(2)17-6-12-25(13-7-17)20(26)15-24-11-8-18(14-24)27-3;1-3-4(2)5;2*1-2/h4-6,9-10,18H,2,7-8,11-15H2,1,3H3;3H,1-2H2;2*1-2H3/b19-4-;;;. The number of likely N-dealkylation sites (tertiary alicyclic amines) is 1. The fourth-order valence-electron chi connectivity index (χ4n) is 3.43. The fourth-order valence-corrected chi connectivity index (χ4v) is 4.33. The van der Waals surface area contributed by atoms with Crippen molar-refractivity contribution in [2.45, 2.75) is 53.6 Å². The summed E-state index contributed by atoms with van der Waals surface area (Å²) in [5, 5.41) is 0. The Hall–Kier alpha value is -2.55. The van der Waals surface area contributed by atoms with E-state index in [0.29, 0.717) is 18.9 Å². The van der Waals surface area contributed by atoms with Crippen LogP contribution in [0.2, 0.25) is 0 Å². The summed E-state index contributed by atoms with van der Waals surface area (Å²) in [5.41, 5.74) is 1.20. The summed E-state index contributed by atoms with van der Waals surface area (Å²) >= 11 is 1.59. The number of allylic oxidation sites excluding steroid dienone is 4. The lowest BCUT2D eigenvalue weighted by Gasteiger charge is -2.29. The van der Waals surface area contributed by atoms with Gasteiger partial charge in [0, 0.05) is 50.6 Å². The van der Waals surface area contributed by atoms with Crippen LogP contribution in [0.1, 0.15) is 53.3 Å². The fraction of sp³-hybridized carbons (Fsp3) is 0.483. The maximum atomic E-state index is 12.6. The van der Waals surface area contributed by atoms with Crippen molar-refractivity contribution in [3.63, 3.8) is 0 Å². The molecule has 1 fully saturated rings. The highest BCUT2D eigenvalue weighted by Gasteiger charge is 2.26. The Bertz CT molecular complexity index is 902. The van der Waals surface area contributed by atoms with Gasteiger partial charge in [-0.2, -0.15) is 0 Å². The summed E-state index contributed by atoms with van der Waals surface area (Å²) in [7, 11) is 1.74. The zero-order valence-corrected chi connectivity index (χ0v) is 24.3. The predicted octanol–water partition coefficient (Wildman–Crippen LogP) is 6.67. The highest BCUT2D eigenvalue weighted by Crippen LogP contribution is 2.36. The van der Waals surface area contributed by atoms with Gasteiger partial charge in [-0.25, -0.2) is 14.4 Å². The Morgan fingerprint density at radius 1 is 1.22 bits per heavy atom. The second kappa shape index (κ2) is 20.5. The van der Waals surface area contributed by atoms with E-state index in [1.807, 2.05) is 51.7 Å². The monoisotopic (exact) mass is 532 g/mol. The lowest BCUT2D eigenvalue weighted by atomic mass is 10.1. The van der Waals surface area contributed by atoms with Gasteiger partial charge >= 0.3 is 0 Å². The van der Waals surface area contributed by atoms with Gasteiger partial charge in [0.15, 0.2) is 5.82 Å². The third-order valence-corrected chi connectivity index (χ3v) is 6.49. The van der Waals surface area contributed by atoms with Crippen molar-refractivity contribution >= 4 is 22.6 Å². The van der Waals surface area contributed by atoms with Gasteiger partial charge in [-0.1, -0.05) is 71.3 Å². The first-order valence-electron chi connectivity index (χ1n) is 12.9. The van der Waals surface area contributed by atoms with E-state index in [0.717, 1.165) is 48.4 Å². The first kappa shape index (κ1) is 34.5. The highest BCUT2D eigenvalue weighted by molar-refractivity contribution is 8.11. The van der Waals surface area contributed by atoms with Crippen molar-refractivity contribution in [3.05, 3.63) is 78.6 Å². The molecular formula is C29H45FN4O2S. The van der Waals surface area contributed by atoms with E-state index in [4.69, 9.17) is 4.74 Å². The normalized spacial score (nSPS) is 17.1. The van der Waals surface area contributed by atoms with Crippen LogP contribution in [-0.4, -0.2) is 71.6 Å². The minimum absolute atomic E-state index is 0.192. The number of ether oxygens (including phenoxy) is 1. The van der Waals surface area contributed by atoms with E-state index in [1.165, 1.54) is 5.57 Å². The van der Waals surface area contributed by atoms with Crippen LogP contribution in [0.25, 0.3) is 4.91 Å². The van der Waals surface area contributed by atoms with Crippen LogP contribution in [0.3, 0.4) is 0 Å². The number of hydrogen-bond donors (Lipinski definition) is 0. The molecule has 0 spiro atoms. The molecule has 2 aliphatic rings. The number of carbonyl (C=O) groups is 1. The Balaban J connectivity index is 0.00000127. The van der Waals surface area contributed by atoms with Crippen molar-refractivity contribution in [2.24, 2.45) is 0 Å². The Morgan fingerprint density at radius 3 is 2.30 bits per heavy atom. The number of rotatable bonds is 8. The van der Waals surface area contributed by atoms with Gasteiger partial charge in [-0.15, -0.1) is 0 Å². The smallest absolute Gasteiger partial charge is 0.237 e. The molecule has 1 aromatic heterocycles. The van der Waals surface area contributed by atoms with Gasteiger partial charge in [0.05, 0.1) is 17.6 Å². The average Bonchev–Trinajstić information content (AvgIpc) is 3.42. The van der Waals surface area contributed by atoms with E-state index >= 15 is 0 Å². The van der Waals surface area contributed by atoms with Crippen LogP contribution in [0.5, 0.6) is 0 Å². The van der Waals surface area contributed by atoms with E-state index < -0.39 is 5.83 Å². The maximum absolute atomic E-state index is 12.6. The van der Waals surface area contributed by atoms with Crippen molar-refractivity contribution in [2.75, 3.05) is 39.8 Å². The largest absolute Gasteiger partial charge is 0.380 e. The van der Waals surface area contributed by atoms with Crippen LogP contribution in [0, 0.1) is 0 Å². The lowest BCUT2D eigenvalue weighted by molar-refractivity contribution is -0.131. The molecule has 37 heavy (non-hydrogen) atoms. The summed E-state index contributed by atoms with van der Waals surface area (Å²) in [5.74, 6) is 0.423.